The maximum Gasteiger partial charge on any atom is 0.161 e. The van der Waals surface area contributed by atoms with Crippen LogP contribution in [0.25, 0.3) is 0 Å². The number of rotatable bonds is 2. The number of hydrogen-bond acceptors (Lipinski definition) is 3. The lowest BCUT2D eigenvalue weighted by molar-refractivity contribution is -0.124. The Hall–Kier alpha value is -0.540. The highest BCUT2D eigenvalue weighted by atomic mass is 16.7. The van der Waals surface area contributed by atoms with Gasteiger partial charge in [0.25, 0.3) is 0 Å². The first-order valence-electron chi connectivity index (χ1n) is 5.48. The van der Waals surface area contributed by atoms with Gasteiger partial charge in [-0.3, -0.25) is 0 Å². The van der Waals surface area contributed by atoms with E-state index in [1.807, 2.05) is 0 Å². The second-order valence-corrected chi connectivity index (χ2v) is 3.96. The van der Waals surface area contributed by atoms with Crippen molar-refractivity contribution in [2.45, 2.75) is 32.0 Å². The number of piperidine rings is 1. The van der Waals surface area contributed by atoms with Gasteiger partial charge in [-0.1, -0.05) is 6.08 Å². The molecule has 0 aliphatic carbocycles. The maximum absolute atomic E-state index is 5.56. The Morgan fingerprint density at radius 2 is 2.14 bits per heavy atom. The highest BCUT2D eigenvalue weighted by Gasteiger charge is 2.19. The summed E-state index contributed by atoms with van der Waals surface area (Å²) < 4.78 is 10.7. The van der Waals surface area contributed by atoms with Gasteiger partial charge in [-0.25, -0.2) is 0 Å². The van der Waals surface area contributed by atoms with Crippen LogP contribution < -0.4 is 0 Å². The number of nitrogens with zero attached hydrogens (tertiary/aromatic N) is 1. The third kappa shape index (κ3) is 2.28. The Kier molecular flexibility index (Phi) is 3.43. The summed E-state index contributed by atoms with van der Waals surface area (Å²) >= 11 is 0. The molecule has 0 bridgehead atoms. The summed E-state index contributed by atoms with van der Waals surface area (Å²) in [6, 6.07) is 0. The number of ether oxygens (including phenoxy) is 2. The van der Waals surface area contributed by atoms with Crippen LogP contribution in [-0.4, -0.2) is 38.0 Å². The van der Waals surface area contributed by atoms with Crippen LogP contribution in [-0.2, 0) is 9.47 Å². The van der Waals surface area contributed by atoms with Gasteiger partial charge in [0.15, 0.2) is 6.29 Å². The van der Waals surface area contributed by atoms with E-state index in [0.717, 1.165) is 13.0 Å². The van der Waals surface area contributed by atoms with E-state index in [9.17, 15) is 0 Å². The van der Waals surface area contributed by atoms with E-state index in [2.05, 4.69) is 11.0 Å². The van der Waals surface area contributed by atoms with Gasteiger partial charge >= 0.3 is 0 Å². The Morgan fingerprint density at radius 3 is 2.71 bits per heavy atom. The molecule has 1 unspecified atom stereocenters. The molecule has 1 saturated heterocycles. The third-order valence-corrected chi connectivity index (χ3v) is 2.99. The molecule has 3 nitrogen and oxygen atoms in total. The third-order valence-electron chi connectivity index (χ3n) is 2.99. The van der Waals surface area contributed by atoms with Gasteiger partial charge in [-0.2, -0.15) is 0 Å². The van der Waals surface area contributed by atoms with Crippen molar-refractivity contribution >= 4 is 0 Å². The monoisotopic (exact) mass is 197 g/mol. The minimum atomic E-state index is -0.0245. The largest absolute Gasteiger partial charge is 0.373 e. The van der Waals surface area contributed by atoms with Crippen LogP contribution in [0.15, 0.2) is 11.8 Å². The normalized spacial score (nSPS) is 28.8. The first-order valence-corrected chi connectivity index (χ1v) is 5.48. The predicted octanol–water partition coefficient (Wildman–Crippen LogP) is 1.75. The molecule has 80 valence electrons. The number of hydrogen-bond donors (Lipinski definition) is 0. The average Bonchev–Trinajstić information content (AvgIpc) is 2.30. The zero-order chi connectivity index (χ0) is 9.80. The summed E-state index contributed by atoms with van der Waals surface area (Å²) in [6.07, 6.45) is 7.16. The zero-order valence-electron chi connectivity index (χ0n) is 8.87. The van der Waals surface area contributed by atoms with Crippen LogP contribution in [0.4, 0.5) is 0 Å². The molecule has 0 aromatic rings. The van der Waals surface area contributed by atoms with Crippen molar-refractivity contribution < 1.29 is 9.47 Å². The molecule has 2 aliphatic heterocycles. The zero-order valence-corrected chi connectivity index (χ0v) is 8.87. The quantitative estimate of drug-likeness (QED) is 0.673. The predicted molar refractivity (Wildman–Crippen MR) is 54.9 cm³/mol. The summed E-state index contributed by atoms with van der Waals surface area (Å²) in [7, 11) is 1.70. The molecule has 0 saturated carbocycles. The molecule has 0 N–H and O–H groups in total. The van der Waals surface area contributed by atoms with Crippen LogP contribution in [0.2, 0.25) is 0 Å². The molecule has 2 rings (SSSR count). The van der Waals surface area contributed by atoms with E-state index < -0.39 is 0 Å². The highest BCUT2D eigenvalue weighted by Crippen LogP contribution is 2.20. The lowest BCUT2D eigenvalue weighted by Gasteiger charge is -2.34. The van der Waals surface area contributed by atoms with Crippen molar-refractivity contribution in [1.29, 1.82) is 0 Å². The van der Waals surface area contributed by atoms with Crippen molar-refractivity contribution in [2.24, 2.45) is 0 Å². The molecule has 1 atom stereocenters. The van der Waals surface area contributed by atoms with Crippen LogP contribution in [0.1, 0.15) is 25.7 Å². The van der Waals surface area contributed by atoms with Gasteiger partial charge in [0, 0.05) is 32.3 Å². The van der Waals surface area contributed by atoms with E-state index in [-0.39, 0.29) is 6.29 Å². The van der Waals surface area contributed by atoms with Gasteiger partial charge in [0.05, 0.1) is 6.61 Å². The van der Waals surface area contributed by atoms with Crippen LogP contribution in [0.5, 0.6) is 0 Å². The summed E-state index contributed by atoms with van der Waals surface area (Å²) in [4.78, 5) is 2.45. The summed E-state index contributed by atoms with van der Waals surface area (Å²) in [5.74, 6) is 0. The fraction of sp³-hybridized carbons (Fsp3) is 0.818. The average molecular weight is 197 g/mol. The molecule has 3 heteroatoms. The van der Waals surface area contributed by atoms with E-state index in [4.69, 9.17) is 9.47 Å². The van der Waals surface area contributed by atoms with Crippen molar-refractivity contribution in [3.8, 4) is 0 Å². The highest BCUT2D eigenvalue weighted by molar-refractivity contribution is 5.05. The lowest BCUT2D eigenvalue weighted by Crippen LogP contribution is -2.34. The number of likely N-dealkylation sites (tertiary alicyclic amines) is 1. The molecule has 0 spiro atoms. The Morgan fingerprint density at radius 1 is 1.36 bits per heavy atom. The summed E-state index contributed by atoms with van der Waals surface area (Å²) in [5, 5.41) is 0. The topological polar surface area (TPSA) is 21.7 Å². The molecule has 0 amide bonds. The van der Waals surface area contributed by atoms with E-state index in [0.29, 0.717) is 0 Å². The Labute approximate surface area is 85.7 Å². The van der Waals surface area contributed by atoms with Gasteiger partial charge in [0.1, 0.15) is 0 Å². The SMILES string of the molecule is COC1CC=C(N2CCCCC2)CO1. The molecule has 0 aromatic heterocycles. The fourth-order valence-electron chi connectivity index (χ4n) is 2.10. The molecule has 14 heavy (non-hydrogen) atoms. The molecule has 2 aliphatic rings. The van der Waals surface area contributed by atoms with Crippen molar-refractivity contribution in [3.63, 3.8) is 0 Å². The van der Waals surface area contributed by atoms with E-state index in [1.165, 1.54) is 38.0 Å². The second kappa shape index (κ2) is 4.80. The van der Waals surface area contributed by atoms with E-state index in [1.54, 1.807) is 7.11 Å². The Bertz CT molecular complexity index is 209. The number of methoxy groups -OCH3 is 1. The summed E-state index contributed by atoms with van der Waals surface area (Å²) in [5.41, 5.74) is 1.36. The molecular weight excluding hydrogens is 178 g/mol. The van der Waals surface area contributed by atoms with Crippen LogP contribution in [0, 0.1) is 0 Å². The van der Waals surface area contributed by atoms with Crippen LogP contribution >= 0.6 is 0 Å². The van der Waals surface area contributed by atoms with Gasteiger partial charge in [-0.05, 0) is 19.3 Å². The first kappa shape index (κ1) is 9.99. The molecule has 0 radical (unpaired) electrons. The van der Waals surface area contributed by atoms with Crippen molar-refractivity contribution in [1.82, 2.24) is 4.90 Å². The smallest absolute Gasteiger partial charge is 0.161 e. The summed E-state index contributed by atoms with van der Waals surface area (Å²) in [6.45, 7) is 3.12. The van der Waals surface area contributed by atoms with Crippen molar-refractivity contribution in [2.75, 3.05) is 26.8 Å². The molecule has 0 aromatic carbocycles. The first-order chi connectivity index (χ1) is 6.90. The van der Waals surface area contributed by atoms with Gasteiger partial charge in [0.2, 0.25) is 0 Å². The Balaban J connectivity index is 1.88. The lowest BCUT2D eigenvalue weighted by atomic mass is 10.1. The standard InChI is InChI=1S/C11H19NO2/c1-13-11-6-5-10(9-14-11)12-7-3-2-4-8-12/h5,11H,2-4,6-9H2,1H3. The van der Waals surface area contributed by atoms with E-state index >= 15 is 0 Å². The molecule has 2 heterocycles. The minimum absolute atomic E-state index is 0.0245. The molecular formula is C11H19NO2. The molecule has 1 fully saturated rings. The van der Waals surface area contributed by atoms with Crippen LogP contribution in [0.3, 0.4) is 0 Å². The van der Waals surface area contributed by atoms with Crippen molar-refractivity contribution in [3.05, 3.63) is 11.8 Å². The van der Waals surface area contributed by atoms with Gasteiger partial charge < -0.3 is 14.4 Å². The van der Waals surface area contributed by atoms with Gasteiger partial charge in [-0.15, -0.1) is 0 Å². The second-order valence-electron chi connectivity index (χ2n) is 3.96. The maximum atomic E-state index is 5.56. The fourth-order valence-corrected chi connectivity index (χ4v) is 2.10. The minimum Gasteiger partial charge on any atom is -0.373 e.